The summed E-state index contributed by atoms with van der Waals surface area (Å²) in [6.45, 7) is 7.98. The number of esters is 1. The molecule has 1 aromatic heterocycles. The Morgan fingerprint density at radius 2 is 2.10 bits per heavy atom. The van der Waals surface area contributed by atoms with Gasteiger partial charge in [-0.2, -0.15) is 0 Å². The highest BCUT2D eigenvalue weighted by atomic mass is 16.5. The lowest BCUT2D eigenvalue weighted by Gasteiger charge is -2.32. The van der Waals surface area contributed by atoms with E-state index in [2.05, 4.69) is 9.88 Å². The molecule has 0 N–H and O–H groups in total. The van der Waals surface area contributed by atoms with Crippen LogP contribution in [0, 0.1) is 5.92 Å². The van der Waals surface area contributed by atoms with Crippen LogP contribution in [-0.4, -0.2) is 36.8 Å². The maximum Gasteiger partial charge on any atom is 0.309 e. The molecule has 116 valence electrons. The van der Waals surface area contributed by atoms with Crippen molar-refractivity contribution in [3.8, 4) is 5.88 Å². The first-order chi connectivity index (χ1) is 10.1. The molecule has 21 heavy (non-hydrogen) atoms. The van der Waals surface area contributed by atoms with Crippen molar-refractivity contribution in [2.45, 2.75) is 39.7 Å². The second-order valence-electron chi connectivity index (χ2n) is 5.53. The summed E-state index contributed by atoms with van der Waals surface area (Å²) < 4.78 is 10.6. The summed E-state index contributed by atoms with van der Waals surface area (Å²) in [6.07, 6.45) is 3.64. The lowest BCUT2D eigenvalue weighted by Crippen LogP contribution is -2.37. The molecular formula is C16H24N2O3. The van der Waals surface area contributed by atoms with E-state index in [0.717, 1.165) is 31.6 Å². The first kappa shape index (κ1) is 15.6. The molecule has 0 unspecified atom stereocenters. The Morgan fingerprint density at radius 3 is 2.62 bits per heavy atom. The van der Waals surface area contributed by atoms with E-state index < -0.39 is 0 Å². The maximum absolute atomic E-state index is 11.7. The first-order valence-corrected chi connectivity index (χ1v) is 7.64. The van der Waals surface area contributed by atoms with Gasteiger partial charge in [0.05, 0.1) is 30.5 Å². The molecule has 5 heteroatoms. The topological polar surface area (TPSA) is 51.7 Å². The lowest BCUT2D eigenvalue weighted by atomic mass is 9.97. The molecule has 0 bridgehead atoms. The lowest BCUT2D eigenvalue weighted by molar-refractivity contribution is -0.148. The van der Waals surface area contributed by atoms with Crippen LogP contribution in [0.2, 0.25) is 0 Å². The average Bonchev–Trinajstić information content (AvgIpc) is 2.48. The van der Waals surface area contributed by atoms with Crippen molar-refractivity contribution < 1.29 is 14.3 Å². The SMILES string of the molecule is CCOC(=O)C1CCN(c2ccc(OC(C)C)nc2)CC1. The third-order valence-electron chi connectivity index (χ3n) is 3.56. The number of carbonyl (C=O) groups excluding carboxylic acids is 1. The Balaban J connectivity index is 1.88. The third-order valence-corrected chi connectivity index (χ3v) is 3.56. The van der Waals surface area contributed by atoms with Gasteiger partial charge < -0.3 is 14.4 Å². The van der Waals surface area contributed by atoms with Gasteiger partial charge in [0.2, 0.25) is 5.88 Å². The number of nitrogens with zero attached hydrogens (tertiary/aromatic N) is 2. The highest BCUT2D eigenvalue weighted by Gasteiger charge is 2.26. The second kappa shape index (κ2) is 7.29. The molecule has 1 aliphatic heterocycles. The molecule has 0 spiro atoms. The standard InChI is InChI=1S/C16H24N2O3/c1-4-20-16(19)13-7-9-18(10-8-13)14-5-6-15(17-11-14)21-12(2)3/h5-6,11-13H,4,7-10H2,1-3H3. The molecule has 5 nitrogen and oxygen atoms in total. The Kier molecular flexibility index (Phi) is 5.42. The normalized spacial score (nSPS) is 16.1. The fourth-order valence-electron chi connectivity index (χ4n) is 2.50. The summed E-state index contributed by atoms with van der Waals surface area (Å²) in [5.41, 5.74) is 1.08. The molecule has 1 aromatic rings. The van der Waals surface area contributed by atoms with Crippen molar-refractivity contribution in [3.05, 3.63) is 18.3 Å². The Hall–Kier alpha value is -1.78. The van der Waals surface area contributed by atoms with E-state index >= 15 is 0 Å². The van der Waals surface area contributed by atoms with Gasteiger partial charge in [-0.25, -0.2) is 4.98 Å². The quantitative estimate of drug-likeness (QED) is 0.781. The Bertz CT molecular complexity index is 451. The van der Waals surface area contributed by atoms with Gasteiger partial charge in [-0.1, -0.05) is 0 Å². The Morgan fingerprint density at radius 1 is 1.38 bits per heavy atom. The van der Waals surface area contributed by atoms with Crippen LogP contribution in [0.1, 0.15) is 33.6 Å². The zero-order valence-electron chi connectivity index (χ0n) is 13.0. The summed E-state index contributed by atoms with van der Waals surface area (Å²) in [5, 5.41) is 0. The molecule has 1 saturated heterocycles. The predicted octanol–water partition coefficient (Wildman–Crippen LogP) is 2.65. The van der Waals surface area contributed by atoms with Crippen LogP contribution < -0.4 is 9.64 Å². The minimum absolute atomic E-state index is 0.0395. The number of rotatable bonds is 5. The number of hydrogen-bond acceptors (Lipinski definition) is 5. The molecule has 1 fully saturated rings. The van der Waals surface area contributed by atoms with Crippen LogP contribution in [-0.2, 0) is 9.53 Å². The van der Waals surface area contributed by atoms with Gasteiger partial charge >= 0.3 is 5.97 Å². The largest absolute Gasteiger partial charge is 0.475 e. The molecule has 2 heterocycles. The van der Waals surface area contributed by atoms with Crippen LogP contribution >= 0.6 is 0 Å². The fourth-order valence-corrected chi connectivity index (χ4v) is 2.50. The zero-order chi connectivity index (χ0) is 15.2. The number of pyridine rings is 1. The molecule has 0 amide bonds. The van der Waals surface area contributed by atoms with Crippen LogP contribution in [0.25, 0.3) is 0 Å². The van der Waals surface area contributed by atoms with Gasteiger partial charge in [-0.3, -0.25) is 4.79 Å². The predicted molar refractivity (Wildman–Crippen MR) is 81.6 cm³/mol. The van der Waals surface area contributed by atoms with Crippen LogP contribution in [0.4, 0.5) is 5.69 Å². The number of piperidine rings is 1. The van der Waals surface area contributed by atoms with E-state index in [1.165, 1.54) is 0 Å². The smallest absolute Gasteiger partial charge is 0.309 e. The van der Waals surface area contributed by atoms with Gasteiger partial charge in [0.25, 0.3) is 0 Å². The number of anilines is 1. The number of hydrogen-bond donors (Lipinski definition) is 0. The van der Waals surface area contributed by atoms with E-state index in [1.54, 1.807) is 0 Å². The van der Waals surface area contributed by atoms with Crippen molar-refractivity contribution in [2.24, 2.45) is 5.92 Å². The molecule has 0 saturated carbocycles. The van der Waals surface area contributed by atoms with Gasteiger partial charge in [-0.05, 0) is 39.7 Å². The van der Waals surface area contributed by atoms with E-state index in [-0.39, 0.29) is 18.0 Å². The third kappa shape index (κ3) is 4.34. The second-order valence-corrected chi connectivity index (χ2v) is 5.53. The summed E-state index contributed by atoms with van der Waals surface area (Å²) >= 11 is 0. The van der Waals surface area contributed by atoms with E-state index in [9.17, 15) is 4.79 Å². The monoisotopic (exact) mass is 292 g/mol. The Labute approximate surface area is 126 Å². The van der Waals surface area contributed by atoms with Crippen LogP contribution in [0.15, 0.2) is 18.3 Å². The van der Waals surface area contributed by atoms with Crippen molar-refractivity contribution in [1.82, 2.24) is 4.98 Å². The van der Waals surface area contributed by atoms with E-state index in [4.69, 9.17) is 9.47 Å². The van der Waals surface area contributed by atoms with E-state index in [1.807, 2.05) is 39.1 Å². The highest BCUT2D eigenvalue weighted by Crippen LogP contribution is 2.24. The number of ether oxygens (including phenoxy) is 2. The molecule has 1 aliphatic rings. The first-order valence-electron chi connectivity index (χ1n) is 7.64. The number of aromatic nitrogens is 1. The average molecular weight is 292 g/mol. The van der Waals surface area contributed by atoms with Crippen LogP contribution in [0.3, 0.4) is 0 Å². The molecular weight excluding hydrogens is 268 g/mol. The molecule has 2 rings (SSSR count). The summed E-state index contributed by atoms with van der Waals surface area (Å²) in [7, 11) is 0. The summed E-state index contributed by atoms with van der Waals surface area (Å²) in [6, 6.07) is 3.92. The van der Waals surface area contributed by atoms with Gasteiger partial charge in [-0.15, -0.1) is 0 Å². The van der Waals surface area contributed by atoms with Crippen molar-refractivity contribution in [3.63, 3.8) is 0 Å². The fraction of sp³-hybridized carbons (Fsp3) is 0.625. The van der Waals surface area contributed by atoms with Gasteiger partial charge in [0.15, 0.2) is 0 Å². The molecule has 0 radical (unpaired) electrons. The summed E-state index contributed by atoms with van der Waals surface area (Å²) in [5.74, 6) is 0.629. The van der Waals surface area contributed by atoms with Gasteiger partial charge in [0, 0.05) is 19.2 Å². The zero-order valence-corrected chi connectivity index (χ0v) is 13.0. The molecule has 0 aliphatic carbocycles. The van der Waals surface area contributed by atoms with E-state index in [0.29, 0.717) is 12.5 Å². The minimum Gasteiger partial charge on any atom is -0.475 e. The molecule has 0 aromatic carbocycles. The number of carbonyl (C=O) groups is 1. The molecule has 0 atom stereocenters. The highest BCUT2D eigenvalue weighted by molar-refractivity contribution is 5.72. The van der Waals surface area contributed by atoms with Crippen molar-refractivity contribution >= 4 is 11.7 Å². The van der Waals surface area contributed by atoms with Crippen LogP contribution in [0.5, 0.6) is 5.88 Å². The van der Waals surface area contributed by atoms with Crippen molar-refractivity contribution in [1.29, 1.82) is 0 Å². The minimum atomic E-state index is -0.0593. The maximum atomic E-state index is 11.7. The van der Waals surface area contributed by atoms with Crippen molar-refractivity contribution in [2.75, 3.05) is 24.6 Å². The van der Waals surface area contributed by atoms with Gasteiger partial charge in [0.1, 0.15) is 0 Å². The summed E-state index contributed by atoms with van der Waals surface area (Å²) in [4.78, 5) is 18.3.